The summed E-state index contributed by atoms with van der Waals surface area (Å²) in [4.78, 5) is 4.88. The van der Waals surface area contributed by atoms with Gasteiger partial charge in [-0.15, -0.1) is 0 Å². The molecule has 0 bridgehead atoms. The van der Waals surface area contributed by atoms with Gasteiger partial charge in [-0.1, -0.05) is 41.9 Å². The first-order chi connectivity index (χ1) is 9.97. The van der Waals surface area contributed by atoms with Gasteiger partial charge in [0.2, 0.25) is 0 Å². The molecule has 0 amide bonds. The molecule has 2 aromatic rings. The van der Waals surface area contributed by atoms with Gasteiger partial charge in [-0.3, -0.25) is 0 Å². The quantitative estimate of drug-likeness (QED) is 0.868. The average molecular weight is 348 g/mol. The molecule has 1 aliphatic rings. The van der Waals surface area contributed by atoms with Crippen molar-refractivity contribution in [2.24, 2.45) is 5.92 Å². The molecule has 1 saturated carbocycles. The molecule has 0 radical (unpaired) electrons. The SMILES string of the molecule is Cc1ccc(-c2nc(C3CC3)n(CC(C)C)c2N)cc1Br. The second kappa shape index (κ2) is 5.48. The Morgan fingerprint density at radius 2 is 2.10 bits per heavy atom. The fourth-order valence-electron chi connectivity index (χ4n) is 2.65. The second-order valence-corrected chi connectivity index (χ2v) is 7.30. The summed E-state index contributed by atoms with van der Waals surface area (Å²) < 4.78 is 3.33. The maximum atomic E-state index is 6.42. The number of nitrogen functional groups attached to an aromatic ring is 1. The number of aromatic nitrogens is 2. The molecule has 1 heterocycles. The van der Waals surface area contributed by atoms with Crippen molar-refractivity contribution < 1.29 is 0 Å². The van der Waals surface area contributed by atoms with Crippen LogP contribution in [0.1, 0.15) is 44.0 Å². The van der Waals surface area contributed by atoms with Crippen LogP contribution in [0.25, 0.3) is 11.3 Å². The van der Waals surface area contributed by atoms with E-state index >= 15 is 0 Å². The molecule has 3 rings (SSSR count). The summed E-state index contributed by atoms with van der Waals surface area (Å²) in [7, 11) is 0. The van der Waals surface area contributed by atoms with Crippen LogP contribution in [0.3, 0.4) is 0 Å². The third-order valence-electron chi connectivity index (χ3n) is 3.97. The van der Waals surface area contributed by atoms with E-state index in [1.807, 2.05) is 0 Å². The zero-order chi connectivity index (χ0) is 15.1. The molecule has 0 unspecified atom stereocenters. The minimum Gasteiger partial charge on any atom is -0.383 e. The Bertz CT molecular complexity index is 669. The molecule has 3 nitrogen and oxygen atoms in total. The highest BCUT2D eigenvalue weighted by Crippen LogP contribution is 2.42. The maximum absolute atomic E-state index is 6.42. The van der Waals surface area contributed by atoms with Crippen LogP contribution in [0.5, 0.6) is 0 Å². The van der Waals surface area contributed by atoms with Crippen molar-refractivity contribution >= 4 is 21.7 Å². The van der Waals surface area contributed by atoms with Gasteiger partial charge in [0.05, 0.1) is 0 Å². The molecule has 1 aromatic heterocycles. The molecule has 112 valence electrons. The summed E-state index contributed by atoms with van der Waals surface area (Å²) >= 11 is 3.60. The van der Waals surface area contributed by atoms with Gasteiger partial charge in [0.1, 0.15) is 17.3 Å². The van der Waals surface area contributed by atoms with Crippen molar-refractivity contribution in [3.63, 3.8) is 0 Å². The van der Waals surface area contributed by atoms with E-state index in [1.165, 1.54) is 24.2 Å². The van der Waals surface area contributed by atoms with Gasteiger partial charge in [0, 0.05) is 22.5 Å². The fraction of sp³-hybridized carbons (Fsp3) is 0.471. The predicted octanol–water partition coefficient (Wildman–Crippen LogP) is 4.74. The van der Waals surface area contributed by atoms with Crippen molar-refractivity contribution in [3.05, 3.63) is 34.1 Å². The molecule has 1 aliphatic carbocycles. The number of imidazole rings is 1. The summed E-state index contributed by atoms with van der Waals surface area (Å²) in [5.41, 5.74) is 9.67. The molecule has 0 spiro atoms. The van der Waals surface area contributed by atoms with E-state index in [1.54, 1.807) is 0 Å². The van der Waals surface area contributed by atoms with Gasteiger partial charge in [0.15, 0.2) is 0 Å². The third-order valence-corrected chi connectivity index (χ3v) is 4.83. The molecule has 4 heteroatoms. The van der Waals surface area contributed by atoms with Crippen LogP contribution in [-0.4, -0.2) is 9.55 Å². The maximum Gasteiger partial charge on any atom is 0.131 e. The van der Waals surface area contributed by atoms with Gasteiger partial charge >= 0.3 is 0 Å². The Kier molecular flexibility index (Phi) is 3.82. The average Bonchev–Trinajstić information content (AvgIpc) is 3.21. The lowest BCUT2D eigenvalue weighted by Crippen LogP contribution is -2.10. The van der Waals surface area contributed by atoms with E-state index in [0.29, 0.717) is 11.8 Å². The summed E-state index contributed by atoms with van der Waals surface area (Å²) in [6, 6.07) is 6.33. The van der Waals surface area contributed by atoms with Gasteiger partial charge < -0.3 is 10.3 Å². The highest BCUT2D eigenvalue weighted by molar-refractivity contribution is 9.10. The number of halogens is 1. The summed E-state index contributed by atoms with van der Waals surface area (Å²) in [5, 5.41) is 0. The number of anilines is 1. The fourth-order valence-corrected chi connectivity index (χ4v) is 3.03. The van der Waals surface area contributed by atoms with Crippen molar-refractivity contribution in [2.75, 3.05) is 5.73 Å². The first-order valence-corrected chi connectivity index (χ1v) is 8.39. The number of rotatable bonds is 4. The van der Waals surface area contributed by atoms with E-state index in [4.69, 9.17) is 10.7 Å². The van der Waals surface area contributed by atoms with E-state index in [9.17, 15) is 0 Å². The molecule has 0 aliphatic heterocycles. The summed E-state index contributed by atoms with van der Waals surface area (Å²) in [5.74, 6) is 3.15. The van der Waals surface area contributed by atoms with Crippen LogP contribution < -0.4 is 5.73 Å². The molecular weight excluding hydrogens is 326 g/mol. The van der Waals surface area contributed by atoms with Gasteiger partial charge in [-0.05, 0) is 37.3 Å². The zero-order valence-electron chi connectivity index (χ0n) is 12.9. The monoisotopic (exact) mass is 347 g/mol. The Morgan fingerprint density at radius 1 is 1.38 bits per heavy atom. The Hall–Kier alpha value is -1.29. The van der Waals surface area contributed by atoms with Crippen molar-refractivity contribution in [1.82, 2.24) is 9.55 Å². The minimum absolute atomic E-state index is 0.566. The number of nitrogens with two attached hydrogens (primary N) is 1. The van der Waals surface area contributed by atoms with E-state index < -0.39 is 0 Å². The predicted molar refractivity (Wildman–Crippen MR) is 91.3 cm³/mol. The smallest absolute Gasteiger partial charge is 0.131 e. The zero-order valence-corrected chi connectivity index (χ0v) is 14.4. The van der Waals surface area contributed by atoms with E-state index in [0.717, 1.165) is 28.1 Å². The molecular formula is C17H22BrN3. The number of hydrogen-bond donors (Lipinski definition) is 1. The van der Waals surface area contributed by atoms with E-state index in [-0.39, 0.29) is 0 Å². The van der Waals surface area contributed by atoms with Crippen molar-refractivity contribution in [3.8, 4) is 11.3 Å². The molecule has 0 atom stereocenters. The first kappa shape index (κ1) is 14.6. The molecule has 21 heavy (non-hydrogen) atoms. The van der Waals surface area contributed by atoms with Crippen LogP contribution in [0.2, 0.25) is 0 Å². The minimum atomic E-state index is 0.566. The van der Waals surface area contributed by atoms with Crippen LogP contribution in [0, 0.1) is 12.8 Å². The highest BCUT2D eigenvalue weighted by Gasteiger charge is 2.31. The third kappa shape index (κ3) is 2.86. The largest absolute Gasteiger partial charge is 0.383 e. The van der Waals surface area contributed by atoms with Crippen LogP contribution in [0.15, 0.2) is 22.7 Å². The summed E-state index contributed by atoms with van der Waals surface area (Å²) in [6.07, 6.45) is 2.48. The van der Waals surface area contributed by atoms with Gasteiger partial charge in [-0.25, -0.2) is 4.98 Å². The van der Waals surface area contributed by atoms with Crippen molar-refractivity contribution in [1.29, 1.82) is 0 Å². The van der Waals surface area contributed by atoms with Crippen LogP contribution in [0.4, 0.5) is 5.82 Å². The first-order valence-electron chi connectivity index (χ1n) is 7.59. The standard InChI is InChI=1S/C17H22BrN3/c1-10(2)9-21-16(19)15(20-17(21)12-6-7-12)13-5-4-11(3)14(18)8-13/h4-5,8,10,12H,6-7,9,19H2,1-3H3. The van der Waals surface area contributed by atoms with E-state index in [2.05, 4.69) is 59.5 Å². The Morgan fingerprint density at radius 3 is 2.67 bits per heavy atom. The Balaban J connectivity index is 2.07. The summed E-state index contributed by atoms with van der Waals surface area (Å²) in [6.45, 7) is 7.47. The van der Waals surface area contributed by atoms with Crippen LogP contribution in [-0.2, 0) is 6.54 Å². The molecule has 2 N–H and O–H groups in total. The van der Waals surface area contributed by atoms with Gasteiger partial charge in [-0.2, -0.15) is 0 Å². The number of hydrogen-bond acceptors (Lipinski definition) is 2. The van der Waals surface area contributed by atoms with Crippen molar-refractivity contribution in [2.45, 2.75) is 46.1 Å². The van der Waals surface area contributed by atoms with Crippen LogP contribution >= 0.6 is 15.9 Å². The second-order valence-electron chi connectivity index (χ2n) is 6.45. The molecule has 1 aromatic carbocycles. The lowest BCUT2D eigenvalue weighted by atomic mass is 10.1. The number of benzene rings is 1. The topological polar surface area (TPSA) is 43.8 Å². The normalized spacial score (nSPS) is 14.9. The van der Waals surface area contributed by atoms with Gasteiger partial charge in [0.25, 0.3) is 0 Å². The lowest BCUT2D eigenvalue weighted by molar-refractivity contribution is 0.512. The molecule has 0 saturated heterocycles. The molecule has 1 fully saturated rings. The number of nitrogens with zero attached hydrogens (tertiary/aromatic N) is 2. The highest BCUT2D eigenvalue weighted by atomic mass is 79.9. The lowest BCUT2D eigenvalue weighted by Gasteiger charge is -2.12. The Labute approximate surface area is 134 Å². The number of aryl methyl sites for hydroxylation is 1.